The van der Waals surface area contributed by atoms with E-state index in [4.69, 9.17) is 9.47 Å². The second-order valence-corrected chi connectivity index (χ2v) is 10.7. The lowest BCUT2D eigenvalue weighted by atomic mass is 9.69. The number of carbonyl (C=O) groups is 2. The number of ether oxygens (including phenoxy) is 2. The van der Waals surface area contributed by atoms with Crippen molar-refractivity contribution in [1.82, 2.24) is 0 Å². The van der Waals surface area contributed by atoms with Crippen molar-refractivity contribution in [1.29, 1.82) is 0 Å². The van der Waals surface area contributed by atoms with Gasteiger partial charge in [-0.05, 0) is 85.3 Å². The van der Waals surface area contributed by atoms with Crippen LogP contribution in [0.25, 0.3) is 0 Å². The van der Waals surface area contributed by atoms with Crippen molar-refractivity contribution in [2.45, 2.75) is 58.7 Å². The summed E-state index contributed by atoms with van der Waals surface area (Å²) in [6.07, 6.45) is -1.42. The van der Waals surface area contributed by atoms with Gasteiger partial charge in [0.1, 0.15) is 6.10 Å². The quantitative estimate of drug-likeness (QED) is 0.255. The molecule has 0 aromatic heterocycles. The van der Waals surface area contributed by atoms with E-state index >= 15 is 0 Å². The summed E-state index contributed by atoms with van der Waals surface area (Å²) >= 11 is 0. The molecule has 5 rings (SSSR count). The van der Waals surface area contributed by atoms with Crippen LogP contribution in [-0.4, -0.2) is 24.1 Å². The molecule has 4 unspecified atom stereocenters. The van der Waals surface area contributed by atoms with Crippen LogP contribution in [0.1, 0.15) is 78.4 Å². The topological polar surface area (TPSA) is 52.6 Å². The van der Waals surface area contributed by atoms with Gasteiger partial charge in [0.05, 0.1) is 17.0 Å². The normalized spacial score (nSPS) is 20.1. The zero-order valence-electron chi connectivity index (χ0n) is 23.1. The Kier molecular flexibility index (Phi) is 7.38. The maximum Gasteiger partial charge on any atom is 0.338 e. The molecule has 4 nitrogen and oxygen atoms in total. The highest BCUT2D eigenvalue weighted by Crippen LogP contribution is 2.47. The maximum atomic E-state index is 13.5. The predicted molar refractivity (Wildman–Crippen MR) is 153 cm³/mol. The highest BCUT2D eigenvalue weighted by Gasteiger charge is 2.47. The minimum Gasteiger partial charge on any atom is -0.454 e. The van der Waals surface area contributed by atoms with Gasteiger partial charge in [0.25, 0.3) is 0 Å². The van der Waals surface area contributed by atoms with Crippen LogP contribution < -0.4 is 0 Å². The molecule has 0 fully saturated rings. The average molecular weight is 519 g/mol. The summed E-state index contributed by atoms with van der Waals surface area (Å²) in [4.78, 5) is 26.9. The molecule has 0 spiro atoms. The van der Waals surface area contributed by atoms with E-state index in [1.165, 1.54) is 11.1 Å². The number of fused-ring (bicyclic) bond motifs is 1. The van der Waals surface area contributed by atoms with E-state index < -0.39 is 24.1 Å². The van der Waals surface area contributed by atoms with Gasteiger partial charge in [-0.25, -0.2) is 9.59 Å². The Balaban J connectivity index is 1.69. The Hall–Kier alpha value is -4.18. The number of carbonyl (C=O) groups excluding carboxylic acids is 2. The molecule has 0 N–H and O–H groups in total. The first-order valence-electron chi connectivity index (χ1n) is 13.4. The number of benzene rings is 4. The third-order valence-corrected chi connectivity index (χ3v) is 7.95. The molecule has 4 aromatic rings. The van der Waals surface area contributed by atoms with Crippen molar-refractivity contribution < 1.29 is 19.1 Å². The van der Waals surface area contributed by atoms with E-state index in [2.05, 4.69) is 65.0 Å². The SMILES string of the molecule is Cc1ccc(C)c(C2c3cc(C)c(C)cc3C(C)C(OC(=O)c3ccccc3)C2OC(=O)c2ccccc2)c1. The fourth-order valence-electron chi connectivity index (χ4n) is 5.63. The van der Waals surface area contributed by atoms with Gasteiger partial charge in [-0.3, -0.25) is 0 Å². The van der Waals surface area contributed by atoms with Crippen LogP contribution in [0.2, 0.25) is 0 Å². The van der Waals surface area contributed by atoms with Gasteiger partial charge in [0.15, 0.2) is 6.10 Å². The molecule has 4 aromatic carbocycles. The second-order valence-electron chi connectivity index (χ2n) is 10.7. The summed E-state index contributed by atoms with van der Waals surface area (Å²) in [6.45, 7) is 10.4. The van der Waals surface area contributed by atoms with E-state index in [1.807, 2.05) is 36.4 Å². The summed E-state index contributed by atoms with van der Waals surface area (Å²) in [6, 6.07) is 28.7. The van der Waals surface area contributed by atoms with Crippen molar-refractivity contribution in [3.63, 3.8) is 0 Å². The minimum absolute atomic E-state index is 0.193. The first-order valence-corrected chi connectivity index (χ1v) is 13.4. The molecule has 0 saturated carbocycles. The molecular weight excluding hydrogens is 484 g/mol. The van der Waals surface area contributed by atoms with E-state index in [-0.39, 0.29) is 11.8 Å². The van der Waals surface area contributed by atoms with Crippen LogP contribution in [-0.2, 0) is 9.47 Å². The van der Waals surface area contributed by atoms with Crippen LogP contribution >= 0.6 is 0 Å². The van der Waals surface area contributed by atoms with E-state index in [0.29, 0.717) is 11.1 Å². The number of rotatable bonds is 5. The van der Waals surface area contributed by atoms with Gasteiger partial charge in [-0.15, -0.1) is 0 Å². The number of hydrogen-bond acceptors (Lipinski definition) is 4. The van der Waals surface area contributed by atoms with Gasteiger partial charge in [0.2, 0.25) is 0 Å². The lowest BCUT2D eigenvalue weighted by Crippen LogP contribution is -2.47. The summed E-state index contributed by atoms with van der Waals surface area (Å²) in [7, 11) is 0. The van der Waals surface area contributed by atoms with Crippen LogP contribution in [0.15, 0.2) is 91.0 Å². The summed E-state index contributed by atoms with van der Waals surface area (Å²) in [5, 5.41) is 0. The smallest absolute Gasteiger partial charge is 0.338 e. The fourth-order valence-corrected chi connectivity index (χ4v) is 5.63. The molecule has 0 aliphatic heterocycles. The molecule has 0 heterocycles. The molecule has 1 aliphatic carbocycles. The van der Waals surface area contributed by atoms with Crippen molar-refractivity contribution in [2.24, 2.45) is 0 Å². The Labute approximate surface area is 230 Å². The van der Waals surface area contributed by atoms with Crippen molar-refractivity contribution >= 4 is 11.9 Å². The largest absolute Gasteiger partial charge is 0.454 e. The zero-order chi connectivity index (χ0) is 27.7. The fraction of sp³-hybridized carbons (Fsp3) is 0.257. The molecular formula is C35H34O4. The Bertz CT molecular complexity index is 1510. The standard InChI is InChI=1S/C35H34O4/c1-21-16-17-22(2)28(18-21)31-30-20-24(4)23(3)19-29(30)25(5)32(38-34(36)26-12-8-6-9-13-26)33(31)39-35(37)27-14-10-7-11-15-27/h6-20,25,31-33H,1-5H3. The van der Waals surface area contributed by atoms with E-state index in [0.717, 1.165) is 27.8 Å². The Morgan fingerprint density at radius 2 is 1.08 bits per heavy atom. The monoisotopic (exact) mass is 518 g/mol. The number of hydrogen-bond donors (Lipinski definition) is 0. The third kappa shape index (κ3) is 5.24. The molecule has 4 atom stereocenters. The average Bonchev–Trinajstić information content (AvgIpc) is 2.94. The number of aryl methyl sites for hydroxylation is 4. The molecule has 0 bridgehead atoms. The van der Waals surface area contributed by atoms with Crippen LogP contribution in [0.3, 0.4) is 0 Å². The first kappa shape index (κ1) is 26.4. The molecule has 0 amide bonds. The lowest BCUT2D eigenvalue weighted by Gasteiger charge is -2.43. The van der Waals surface area contributed by atoms with Gasteiger partial charge in [-0.2, -0.15) is 0 Å². The van der Waals surface area contributed by atoms with Gasteiger partial charge in [-0.1, -0.05) is 79.2 Å². The molecule has 0 radical (unpaired) electrons. The predicted octanol–water partition coefficient (Wildman–Crippen LogP) is 7.62. The highest BCUT2D eigenvalue weighted by atomic mass is 16.6. The van der Waals surface area contributed by atoms with Crippen LogP contribution in [0.4, 0.5) is 0 Å². The third-order valence-electron chi connectivity index (χ3n) is 7.95. The lowest BCUT2D eigenvalue weighted by molar-refractivity contribution is -0.0532. The van der Waals surface area contributed by atoms with Gasteiger partial charge >= 0.3 is 11.9 Å². The van der Waals surface area contributed by atoms with Crippen LogP contribution in [0, 0.1) is 27.7 Å². The Morgan fingerprint density at radius 1 is 0.564 bits per heavy atom. The van der Waals surface area contributed by atoms with E-state index in [9.17, 15) is 9.59 Å². The second kappa shape index (κ2) is 10.9. The molecule has 4 heteroatoms. The summed E-state index contributed by atoms with van der Waals surface area (Å²) in [5.74, 6) is -1.37. The first-order chi connectivity index (χ1) is 18.7. The molecule has 39 heavy (non-hydrogen) atoms. The molecule has 0 saturated heterocycles. The summed E-state index contributed by atoms with van der Waals surface area (Å²) < 4.78 is 12.6. The van der Waals surface area contributed by atoms with Gasteiger partial charge in [0, 0.05) is 5.92 Å². The number of esters is 2. The van der Waals surface area contributed by atoms with Crippen molar-refractivity contribution in [3.05, 3.63) is 141 Å². The van der Waals surface area contributed by atoms with Gasteiger partial charge < -0.3 is 9.47 Å². The minimum atomic E-state index is -0.726. The maximum absolute atomic E-state index is 13.5. The Morgan fingerprint density at radius 3 is 1.64 bits per heavy atom. The van der Waals surface area contributed by atoms with Crippen LogP contribution in [0.5, 0.6) is 0 Å². The molecule has 1 aliphatic rings. The zero-order valence-corrected chi connectivity index (χ0v) is 23.1. The highest BCUT2D eigenvalue weighted by molar-refractivity contribution is 5.90. The van der Waals surface area contributed by atoms with Crippen molar-refractivity contribution in [3.8, 4) is 0 Å². The van der Waals surface area contributed by atoms with E-state index in [1.54, 1.807) is 24.3 Å². The van der Waals surface area contributed by atoms with Crippen molar-refractivity contribution in [2.75, 3.05) is 0 Å². The summed E-state index contributed by atoms with van der Waals surface area (Å²) in [5.41, 5.74) is 8.77. The molecule has 198 valence electrons.